The quantitative estimate of drug-likeness (QED) is 0.118. The van der Waals surface area contributed by atoms with Crippen molar-refractivity contribution < 1.29 is 61.9 Å². The fourth-order valence-electron chi connectivity index (χ4n) is 7.44. The Hall–Kier alpha value is -4.78. The predicted molar refractivity (Wildman–Crippen MR) is 226 cm³/mol. The monoisotopic (exact) mass is 868 g/mol. The summed E-state index contributed by atoms with van der Waals surface area (Å²) in [5.74, 6) is -2.22. The van der Waals surface area contributed by atoms with E-state index in [0.717, 1.165) is 0 Å². The Morgan fingerprint density at radius 3 is 2.27 bits per heavy atom. The number of aliphatic hydroxyl groups is 3. The zero-order valence-corrected chi connectivity index (χ0v) is 37.2. The van der Waals surface area contributed by atoms with Gasteiger partial charge in [-0.25, -0.2) is 15.0 Å². The highest BCUT2D eigenvalue weighted by Crippen LogP contribution is 2.32. The van der Waals surface area contributed by atoms with Crippen molar-refractivity contribution in [1.29, 1.82) is 0 Å². The molecule has 17 nitrogen and oxygen atoms in total. The topological polar surface area (TPSA) is 230 Å². The van der Waals surface area contributed by atoms with Gasteiger partial charge in [-0.05, 0) is 43.8 Å². The number of hydrogen-bond acceptors (Lipinski definition) is 16. The average molecular weight is 869 g/mol. The van der Waals surface area contributed by atoms with Crippen LogP contribution >= 0.6 is 0 Å². The highest BCUT2D eigenvalue weighted by molar-refractivity contribution is 5.92. The van der Waals surface area contributed by atoms with Crippen molar-refractivity contribution in [1.82, 2.24) is 19.9 Å². The molecule has 1 aliphatic heterocycles. The second kappa shape index (κ2) is 24.2. The van der Waals surface area contributed by atoms with Crippen molar-refractivity contribution >= 4 is 24.2 Å². The van der Waals surface area contributed by atoms with Crippen LogP contribution in [-0.4, -0.2) is 118 Å². The molecule has 62 heavy (non-hydrogen) atoms. The molecule has 3 N–H and O–H groups in total. The van der Waals surface area contributed by atoms with E-state index in [1.807, 2.05) is 26.8 Å². The van der Waals surface area contributed by atoms with Gasteiger partial charge in [-0.2, -0.15) is 0 Å². The number of esters is 1. The van der Waals surface area contributed by atoms with E-state index in [-0.39, 0.29) is 60.5 Å². The summed E-state index contributed by atoms with van der Waals surface area (Å²) >= 11 is 0. The summed E-state index contributed by atoms with van der Waals surface area (Å²) < 4.78 is 40.6. The fraction of sp³-hybridized carbons (Fsp3) is 0.600. The number of carbonyl (C=O) groups is 3. The summed E-state index contributed by atoms with van der Waals surface area (Å²) in [5, 5.41) is 32.9. The molecule has 6 bridgehead atoms. The lowest BCUT2D eigenvalue weighted by atomic mass is 9.84. The van der Waals surface area contributed by atoms with Crippen LogP contribution in [0.25, 0.3) is 29.2 Å². The standard InChI is InChI=1S/C45H64N4O13/c1-26(16-17-36(53)28(3)42(55)27(2)18-19-49(6)25-50)38(57-8)21-39-30(5)37(56-7)14-11-15-40-46-33(23-59-40)44-48-34(24-61-44)45-47-32(22-60-45)43(58-9)29(4)35(52)13-10-12-31(51)20-41(54)62-39/h10-11,13,15,18-19,22-31,36-39,42-43,51,53,55H,12,14,16-17,20-21H2,1-9H3/b13-10+,15-11+,19-18+. The van der Waals surface area contributed by atoms with Crippen LogP contribution in [0.15, 0.2) is 62.5 Å². The number of ether oxygens (including phenoxy) is 4. The number of fused-ring (bicyclic) bond motifs is 8. The van der Waals surface area contributed by atoms with Gasteiger partial charge in [0.05, 0.1) is 42.9 Å². The molecule has 0 radical (unpaired) electrons. The molecule has 0 aromatic carbocycles. The molecule has 1 amide bonds. The number of methoxy groups -OCH3 is 3. The van der Waals surface area contributed by atoms with Gasteiger partial charge in [0.25, 0.3) is 0 Å². The Morgan fingerprint density at radius 2 is 1.58 bits per heavy atom. The van der Waals surface area contributed by atoms with Gasteiger partial charge in [-0.3, -0.25) is 14.4 Å². The summed E-state index contributed by atoms with van der Waals surface area (Å²) in [6, 6.07) is 0. The van der Waals surface area contributed by atoms with Crippen LogP contribution in [0.5, 0.6) is 0 Å². The van der Waals surface area contributed by atoms with E-state index in [1.165, 1.54) is 43.0 Å². The lowest BCUT2D eigenvalue weighted by Gasteiger charge is -2.34. The number of ketones is 1. The van der Waals surface area contributed by atoms with Crippen molar-refractivity contribution in [3.8, 4) is 23.2 Å². The fourth-order valence-corrected chi connectivity index (χ4v) is 7.44. The third-order valence-electron chi connectivity index (χ3n) is 11.7. The van der Waals surface area contributed by atoms with Gasteiger partial charge in [-0.1, -0.05) is 52.8 Å². The summed E-state index contributed by atoms with van der Waals surface area (Å²) in [4.78, 5) is 52.4. The van der Waals surface area contributed by atoms with Crippen molar-refractivity contribution in [2.45, 2.75) is 116 Å². The van der Waals surface area contributed by atoms with Gasteiger partial charge in [0, 0.05) is 58.8 Å². The normalized spacial score (nSPS) is 26.0. The molecule has 4 rings (SSSR count). The second-order valence-corrected chi connectivity index (χ2v) is 16.3. The highest BCUT2D eigenvalue weighted by Gasteiger charge is 2.34. The number of aromatic nitrogens is 3. The number of nitrogens with zero attached hydrogens (tertiary/aromatic N) is 4. The molecule has 4 heterocycles. The molecule has 17 heteroatoms. The molecular weight excluding hydrogens is 805 g/mol. The van der Waals surface area contributed by atoms with Gasteiger partial charge in [0.15, 0.2) is 17.2 Å². The van der Waals surface area contributed by atoms with Gasteiger partial charge in [-0.15, -0.1) is 0 Å². The van der Waals surface area contributed by atoms with Crippen molar-refractivity contribution in [2.24, 2.45) is 29.6 Å². The molecular formula is C45H64N4O13. The number of oxazole rings is 3. The van der Waals surface area contributed by atoms with Crippen LogP contribution in [0, 0.1) is 29.6 Å². The molecule has 3 aromatic heterocycles. The maximum atomic E-state index is 13.5. The van der Waals surface area contributed by atoms with Gasteiger partial charge in [0.1, 0.15) is 36.7 Å². The number of rotatable bonds is 15. The highest BCUT2D eigenvalue weighted by atomic mass is 16.6. The minimum Gasteiger partial charge on any atom is -0.462 e. The van der Waals surface area contributed by atoms with Crippen molar-refractivity contribution in [3.05, 3.63) is 60.9 Å². The number of aliphatic hydroxyl groups excluding tert-OH is 3. The molecule has 0 fully saturated rings. The number of amides is 1. The Bertz CT molecular complexity index is 1940. The van der Waals surface area contributed by atoms with Crippen LogP contribution in [0.1, 0.15) is 90.8 Å². The van der Waals surface area contributed by atoms with E-state index in [9.17, 15) is 29.7 Å². The largest absolute Gasteiger partial charge is 0.462 e. The first kappa shape index (κ1) is 49.9. The zero-order valence-electron chi connectivity index (χ0n) is 37.2. The summed E-state index contributed by atoms with van der Waals surface area (Å²) in [7, 11) is 6.21. The van der Waals surface area contributed by atoms with Gasteiger partial charge >= 0.3 is 5.97 Å². The van der Waals surface area contributed by atoms with E-state index < -0.39 is 60.5 Å². The van der Waals surface area contributed by atoms with Crippen molar-refractivity contribution in [3.63, 3.8) is 0 Å². The van der Waals surface area contributed by atoms with Crippen molar-refractivity contribution in [2.75, 3.05) is 28.4 Å². The minimum absolute atomic E-state index is 0.0138. The van der Waals surface area contributed by atoms with Crippen LogP contribution < -0.4 is 0 Å². The lowest BCUT2D eigenvalue weighted by molar-refractivity contribution is -0.159. The molecule has 0 saturated heterocycles. The number of cyclic esters (lactones) is 1. The van der Waals surface area contributed by atoms with Crippen LogP contribution in [-0.2, 0) is 33.3 Å². The van der Waals surface area contributed by atoms with E-state index in [4.69, 9.17) is 32.2 Å². The molecule has 0 saturated carbocycles. The Kier molecular flexibility index (Phi) is 19.4. The first-order valence-electron chi connectivity index (χ1n) is 21.0. The molecule has 0 spiro atoms. The first-order chi connectivity index (χ1) is 29.6. The summed E-state index contributed by atoms with van der Waals surface area (Å²) in [6.45, 7) is 9.21. The Labute approximate surface area is 363 Å². The average Bonchev–Trinajstić information content (AvgIpc) is 4.06. The zero-order chi connectivity index (χ0) is 45.5. The molecule has 342 valence electrons. The van der Waals surface area contributed by atoms with Crippen LogP contribution in [0.3, 0.4) is 0 Å². The number of carbonyl (C=O) groups excluding carboxylic acids is 3. The predicted octanol–water partition coefficient (Wildman–Crippen LogP) is 5.97. The summed E-state index contributed by atoms with van der Waals surface area (Å²) in [5.41, 5.74) is 1.01. The van der Waals surface area contributed by atoms with Gasteiger partial charge < -0.3 is 52.4 Å². The Morgan fingerprint density at radius 1 is 0.903 bits per heavy atom. The Balaban J connectivity index is 1.54. The second-order valence-electron chi connectivity index (χ2n) is 16.3. The third kappa shape index (κ3) is 13.9. The lowest BCUT2D eigenvalue weighted by Crippen LogP contribution is -2.39. The maximum Gasteiger partial charge on any atom is 0.308 e. The van der Waals surface area contributed by atoms with Crippen LogP contribution in [0.4, 0.5) is 0 Å². The van der Waals surface area contributed by atoms with Crippen LogP contribution in [0.2, 0.25) is 0 Å². The molecule has 12 unspecified atom stereocenters. The molecule has 3 aromatic rings. The minimum atomic E-state index is -1.14. The summed E-state index contributed by atoms with van der Waals surface area (Å²) in [6.07, 6.45) is 10.7. The number of hydrogen-bond donors (Lipinski definition) is 3. The molecule has 12 atom stereocenters. The van der Waals surface area contributed by atoms with E-state index in [1.54, 1.807) is 53.5 Å². The smallest absolute Gasteiger partial charge is 0.308 e. The number of allylic oxidation sites excluding steroid dienone is 1. The maximum absolute atomic E-state index is 13.5. The van der Waals surface area contributed by atoms with Gasteiger partial charge in [0.2, 0.25) is 24.1 Å². The SMILES string of the molecule is COC(CC1OC(=O)CC(O)C/C=C/C(=O)C(C)C(OC)c2coc(n2)-c2coc(n2)-c2coc(n2)/C=C/CC(OC)C1C)C(C)CCC(O)C(C)C(O)C(C)/C=C/N(C)C=O. The van der Waals surface area contributed by atoms with E-state index in [2.05, 4.69) is 15.0 Å². The van der Waals surface area contributed by atoms with E-state index >= 15 is 0 Å². The molecule has 0 aliphatic carbocycles. The van der Waals surface area contributed by atoms with E-state index in [0.29, 0.717) is 42.8 Å². The third-order valence-corrected chi connectivity index (χ3v) is 11.7. The first-order valence-corrected chi connectivity index (χ1v) is 21.0. The molecule has 1 aliphatic rings.